The predicted molar refractivity (Wildman–Crippen MR) is 79.8 cm³/mol. The van der Waals surface area contributed by atoms with Gasteiger partial charge in [-0.25, -0.2) is 4.79 Å². The fraction of sp³-hybridized carbons (Fsp3) is 0.286. The molecule has 24 heavy (non-hydrogen) atoms. The van der Waals surface area contributed by atoms with E-state index in [-0.39, 0.29) is 23.7 Å². The van der Waals surface area contributed by atoms with Crippen LogP contribution in [0.4, 0.5) is 14.6 Å². The minimum absolute atomic E-state index is 0.0558. The molecular weight excluding hydrogens is 324 g/mol. The molecule has 0 saturated heterocycles. The largest absolute Gasteiger partial charge is 0.433 e. The van der Waals surface area contributed by atoms with Crippen LogP contribution in [0, 0.1) is 11.3 Å². The van der Waals surface area contributed by atoms with E-state index in [1.807, 2.05) is 0 Å². The van der Waals surface area contributed by atoms with E-state index in [0.29, 0.717) is 5.69 Å². The van der Waals surface area contributed by atoms with Crippen molar-refractivity contribution in [1.29, 1.82) is 5.26 Å². The Morgan fingerprint density at radius 2 is 2.04 bits per heavy atom. The van der Waals surface area contributed by atoms with Crippen molar-refractivity contribution in [1.82, 2.24) is 14.1 Å². The van der Waals surface area contributed by atoms with Crippen LogP contribution in [0.3, 0.4) is 0 Å². The van der Waals surface area contributed by atoms with Gasteiger partial charge in [0.05, 0.1) is 18.4 Å². The molecular formula is C14H13F2N5O3. The summed E-state index contributed by atoms with van der Waals surface area (Å²) in [7, 11) is 2.69. The Bertz CT molecular complexity index is 897. The molecule has 0 radical (unpaired) electrons. The van der Waals surface area contributed by atoms with E-state index in [1.54, 1.807) is 6.07 Å². The van der Waals surface area contributed by atoms with Gasteiger partial charge < -0.3 is 10.1 Å². The van der Waals surface area contributed by atoms with Gasteiger partial charge in [-0.1, -0.05) is 0 Å². The van der Waals surface area contributed by atoms with E-state index in [4.69, 9.17) is 5.26 Å². The van der Waals surface area contributed by atoms with Crippen molar-refractivity contribution in [3.8, 4) is 11.8 Å². The minimum atomic E-state index is -2.94. The lowest BCUT2D eigenvalue weighted by Gasteiger charge is -2.13. The summed E-state index contributed by atoms with van der Waals surface area (Å²) in [6.45, 7) is -2.87. The molecule has 0 aromatic carbocycles. The lowest BCUT2D eigenvalue weighted by Crippen LogP contribution is -2.39. The number of halogens is 2. The van der Waals surface area contributed by atoms with Crippen LogP contribution in [-0.4, -0.2) is 20.7 Å². The van der Waals surface area contributed by atoms with Crippen molar-refractivity contribution in [2.24, 2.45) is 14.1 Å². The molecule has 126 valence electrons. The van der Waals surface area contributed by atoms with Gasteiger partial charge in [-0.05, 0) is 12.1 Å². The number of nitrogens with one attached hydrogen (secondary N) is 1. The molecule has 0 unspecified atom stereocenters. The van der Waals surface area contributed by atoms with Crippen molar-refractivity contribution in [2.45, 2.75) is 13.2 Å². The zero-order chi connectivity index (χ0) is 17.9. The summed E-state index contributed by atoms with van der Waals surface area (Å²) in [5, 5.41) is 11.9. The molecule has 0 amide bonds. The zero-order valence-electron chi connectivity index (χ0n) is 12.8. The molecule has 2 heterocycles. The Labute approximate surface area is 134 Å². The average Bonchev–Trinajstić information content (AvgIpc) is 2.56. The predicted octanol–water partition coefficient (Wildman–Crippen LogP) is 0.564. The Kier molecular flexibility index (Phi) is 4.93. The van der Waals surface area contributed by atoms with Gasteiger partial charge in [0.15, 0.2) is 5.56 Å². The van der Waals surface area contributed by atoms with Crippen LogP contribution in [0.1, 0.15) is 11.3 Å². The lowest BCUT2D eigenvalue weighted by atomic mass is 10.3. The first-order chi connectivity index (χ1) is 11.3. The van der Waals surface area contributed by atoms with Crippen molar-refractivity contribution in [3.05, 3.63) is 50.4 Å². The second-order valence-electron chi connectivity index (χ2n) is 4.76. The molecule has 2 aromatic rings. The highest BCUT2D eigenvalue weighted by Gasteiger charge is 2.15. The Balaban J connectivity index is 2.25. The summed E-state index contributed by atoms with van der Waals surface area (Å²) in [5.41, 5.74) is -1.07. The molecule has 0 bridgehead atoms. The number of anilines is 1. The van der Waals surface area contributed by atoms with E-state index >= 15 is 0 Å². The molecule has 2 rings (SSSR count). The molecule has 2 aromatic heterocycles. The summed E-state index contributed by atoms with van der Waals surface area (Å²) < 4.78 is 30.3. The molecule has 0 aliphatic rings. The maximum absolute atomic E-state index is 12.1. The van der Waals surface area contributed by atoms with Gasteiger partial charge in [-0.2, -0.15) is 14.0 Å². The number of pyridine rings is 1. The maximum Gasteiger partial charge on any atom is 0.387 e. The molecule has 8 nitrogen and oxygen atoms in total. The second-order valence-corrected chi connectivity index (χ2v) is 4.76. The van der Waals surface area contributed by atoms with Crippen molar-refractivity contribution >= 4 is 5.82 Å². The third-order valence-corrected chi connectivity index (χ3v) is 3.24. The van der Waals surface area contributed by atoms with E-state index in [9.17, 15) is 18.4 Å². The summed E-state index contributed by atoms with van der Waals surface area (Å²) in [6, 6.07) is 4.51. The van der Waals surface area contributed by atoms with Crippen LogP contribution in [0.5, 0.6) is 5.75 Å². The molecule has 0 saturated carbocycles. The minimum Gasteiger partial charge on any atom is -0.433 e. The first kappa shape index (κ1) is 17.1. The molecule has 0 fully saturated rings. The van der Waals surface area contributed by atoms with Gasteiger partial charge in [-0.3, -0.25) is 18.9 Å². The number of aromatic nitrogens is 3. The van der Waals surface area contributed by atoms with Gasteiger partial charge in [0.1, 0.15) is 17.6 Å². The van der Waals surface area contributed by atoms with Crippen molar-refractivity contribution < 1.29 is 13.5 Å². The SMILES string of the molecule is Cn1c(NCc2ccc(OC(F)F)cn2)c(C#N)c(=O)n(C)c1=O. The van der Waals surface area contributed by atoms with E-state index in [1.165, 1.54) is 26.2 Å². The fourth-order valence-electron chi connectivity index (χ4n) is 2.01. The topological polar surface area (TPSA) is 102 Å². The monoisotopic (exact) mass is 337 g/mol. The number of ether oxygens (including phenoxy) is 1. The van der Waals surface area contributed by atoms with Crippen LogP contribution in [0.15, 0.2) is 27.9 Å². The third-order valence-electron chi connectivity index (χ3n) is 3.24. The van der Waals surface area contributed by atoms with E-state index in [0.717, 1.165) is 15.3 Å². The number of nitriles is 1. The molecule has 10 heteroatoms. The zero-order valence-corrected chi connectivity index (χ0v) is 12.8. The van der Waals surface area contributed by atoms with Crippen LogP contribution in [0.25, 0.3) is 0 Å². The van der Waals surface area contributed by atoms with Gasteiger partial charge in [0, 0.05) is 14.1 Å². The van der Waals surface area contributed by atoms with Gasteiger partial charge in [0.25, 0.3) is 5.56 Å². The van der Waals surface area contributed by atoms with Crippen molar-refractivity contribution in [2.75, 3.05) is 5.32 Å². The number of hydrogen-bond acceptors (Lipinski definition) is 6. The number of hydrogen-bond donors (Lipinski definition) is 1. The normalized spacial score (nSPS) is 10.5. The summed E-state index contributed by atoms with van der Waals surface area (Å²) in [6.07, 6.45) is 1.12. The highest BCUT2D eigenvalue weighted by molar-refractivity contribution is 5.51. The van der Waals surface area contributed by atoms with Gasteiger partial charge in [0.2, 0.25) is 0 Å². The Morgan fingerprint density at radius 1 is 1.33 bits per heavy atom. The lowest BCUT2D eigenvalue weighted by molar-refractivity contribution is -0.0500. The molecule has 1 N–H and O–H groups in total. The van der Waals surface area contributed by atoms with Crippen LogP contribution < -0.4 is 21.3 Å². The van der Waals surface area contributed by atoms with Crippen molar-refractivity contribution in [3.63, 3.8) is 0 Å². The molecule has 0 aliphatic heterocycles. The van der Waals surface area contributed by atoms with E-state index < -0.39 is 17.9 Å². The summed E-state index contributed by atoms with van der Waals surface area (Å²) >= 11 is 0. The van der Waals surface area contributed by atoms with Crippen LogP contribution >= 0.6 is 0 Å². The van der Waals surface area contributed by atoms with Gasteiger partial charge >= 0.3 is 12.3 Å². The second kappa shape index (κ2) is 6.91. The third kappa shape index (κ3) is 3.40. The van der Waals surface area contributed by atoms with E-state index in [2.05, 4.69) is 15.0 Å². The number of rotatable bonds is 5. The smallest absolute Gasteiger partial charge is 0.387 e. The summed E-state index contributed by atoms with van der Waals surface area (Å²) in [4.78, 5) is 27.8. The van der Waals surface area contributed by atoms with Crippen LogP contribution in [0.2, 0.25) is 0 Å². The van der Waals surface area contributed by atoms with Gasteiger partial charge in [-0.15, -0.1) is 0 Å². The molecule has 0 atom stereocenters. The molecule has 0 aliphatic carbocycles. The first-order valence-corrected chi connectivity index (χ1v) is 6.69. The van der Waals surface area contributed by atoms with Crippen LogP contribution in [-0.2, 0) is 20.6 Å². The maximum atomic E-state index is 12.1. The number of alkyl halides is 2. The highest BCUT2D eigenvalue weighted by atomic mass is 19.3. The number of nitrogens with zero attached hydrogens (tertiary/aromatic N) is 4. The Morgan fingerprint density at radius 3 is 2.58 bits per heavy atom. The molecule has 0 spiro atoms. The average molecular weight is 337 g/mol. The fourth-order valence-corrected chi connectivity index (χ4v) is 2.01. The highest BCUT2D eigenvalue weighted by Crippen LogP contribution is 2.14. The standard InChI is InChI=1S/C14H13F2N5O3/c1-20-11(10(5-17)12(22)21(2)14(20)23)19-6-8-3-4-9(7-18-8)24-13(15)16/h3-4,7,13,19H,6H2,1-2H3. The first-order valence-electron chi connectivity index (χ1n) is 6.69. The quantitative estimate of drug-likeness (QED) is 0.855. The summed E-state index contributed by atoms with van der Waals surface area (Å²) in [5.74, 6) is -0.0345. The Hall–Kier alpha value is -3.22.